The van der Waals surface area contributed by atoms with Crippen molar-refractivity contribution in [1.29, 1.82) is 0 Å². The van der Waals surface area contributed by atoms with Crippen LogP contribution in [0.2, 0.25) is 0 Å². The predicted molar refractivity (Wildman–Crippen MR) is 42.7 cm³/mol. The molecule has 58 valence electrons. The summed E-state index contributed by atoms with van der Waals surface area (Å²) in [5.74, 6) is 2.07. The molecular weight excluding hydrogens is 124 g/mol. The minimum atomic E-state index is 0.820. The molecular formula is C9H16O. The fourth-order valence-electron chi connectivity index (χ4n) is 1.26. The van der Waals surface area contributed by atoms with Crippen molar-refractivity contribution in [2.75, 3.05) is 6.61 Å². The van der Waals surface area contributed by atoms with Gasteiger partial charge < -0.3 is 4.74 Å². The Morgan fingerprint density at radius 1 is 1.70 bits per heavy atom. The minimum Gasteiger partial charge on any atom is -0.499 e. The van der Waals surface area contributed by atoms with Gasteiger partial charge in [0.25, 0.3) is 0 Å². The Hall–Kier alpha value is -0.460. The SMILES string of the molecule is CCOC1=CC[C@H](C)CC1. The van der Waals surface area contributed by atoms with Crippen LogP contribution in [0.1, 0.15) is 33.1 Å². The third-order valence-corrected chi connectivity index (χ3v) is 1.96. The van der Waals surface area contributed by atoms with E-state index < -0.39 is 0 Å². The Kier molecular flexibility index (Phi) is 2.79. The molecule has 1 nitrogen and oxygen atoms in total. The maximum atomic E-state index is 5.39. The van der Waals surface area contributed by atoms with Crippen molar-refractivity contribution in [3.63, 3.8) is 0 Å². The summed E-state index contributed by atoms with van der Waals surface area (Å²) in [5, 5.41) is 0. The Bertz CT molecular complexity index is 127. The van der Waals surface area contributed by atoms with Gasteiger partial charge in [0, 0.05) is 6.42 Å². The highest BCUT2D eigenvalue weighted by Gasteiger charge is 2.09. The van der Waals surface area contributed by atoms with Gasteiger partial charge in [0.05, 0.1) is 12.4 Å². The van der Waals surface area contributed by atoms with Gasteiger partial charge >= 0.3 is 0 Å². The zero-order chi connectivity index (χ0) is 7.40. The fourth-order valence-corrected chi connectivity index (χ4v) is 1.26. The second kappa shape index (κ2) is 3.65. The number of allylic oxidation sites excluding steroid dienone is 2. The molecule has 1 heteroatoms. The lowest BCUT2D eigenvalue weighted by Gasteiger charge is -2.17. The first-order valence-electron chi connectivity index (χ1n) is 4.14. The molecule has 0 fully saturated rings. The standard InChI is InChI=1S/C9H16O/c1-3-10-9-6-4-8(2)5-7-9/h6,8H,3-5,7H2,1-2H3/t8-/m0/s1. The second-order valence-corrected chi connectivity index (χ2v) is 2.98. The normalized spacial score (nSPS) is 25.8. The lowest BCUT2D eigenvalue weighted by molar-refractivity contribution is 0.204. The van der Waals surface area contributed by atoms with Gasteiger partial charge in [-0.05, 0) is 31.8 Å². The van der Waals surface area contributed by atoms with Crippen LogP contribution in [0.3, 0.4) is 0 Å². The molecule has 0 unspecified atom stereocenters. The van der Waals surface area contributed by atoms with Crippen molar-refractivity contribution in [2.45, 2.75) is 33.1 Å². The summed E-state index contributed by atoms with van der Waals surface area (Å²) in [5.41, 5.74) is 0. The monoisotopic (exact) mass is 140 g/mol. The summed E-state index contributed by atoms with van der Waals surface area (Å²) in [4.78, 5) is 0. The van der Waals surface area contributed by atoms with E-state index in [1.54, 1.807) is 0 Å². The quantitative estimate of drug-likeness (QED) is 0.573. The third kappa shape index (κ3) is 2.05. The van der Waals surface area contributed by atoms with E-state index in [1.807, 2.05) is 6.92 Å². The van der Waals surface area contributed by atoms with Crippen molar-refractivity contribution in [3.8, 4) is 0 Å². The average Bonchev–Trinajstić information content (AvgIpc) is 1.95. The van der Waals surface area contributed by atoms with Gasteiger partial charge in [-0.3, -0.25) is 0 Å². The van der Waals surface area contributed by atoms with Crippen molar-refractivity contribution in [3.05, 3.63) is 11.8 Å². The summed E-state index contributed by atoms with van der Waals surface area (Å²) < 4.78 is 5.39. The number of ether oxygens (including phenoxy) is 1. The van der Waals surface area contributed by atoms with Gasteiger partial charge in [0.1, 0.15) is 0 Å². The molecule has 1 rings (SSSR count). The summed E-state index contributed by atoms with van der Waals surface area (Å²) >= 11 is 0. The molecule has 1 aliphatic rings. The van der Waals surface area contributed by atoms with Gasteiger partial charge in [-0.2, -0.15) is 0 Å². The van der Waals surface area contributed by atoms with E-state index in [-0.39, 0.29) is 0 Å². The van der Waals surface area contributed by atoms with E-state index in [4.69, 9.17) is 4.74 Å². The fraction of sp³-hybridized carbons (Fsp3) is 0.778. The van der Waals surface area contributed by atoms with Gasteiger partial charge in [-0.1, -0.05) is 6.92 Å². The molecule has 0 aromatic rings. The van der Waals surface area contributed by atoms with Crippen LogP contribution in [-0.2, 0) is 4.74 Å². The first kappa shape index (κ1) is 7.64. The Morgan fingerprint density at radius 3 is 3.00 bits per heavy atom. The molecule has 10 heavy (non-hydrogen) atoms. The molecule has 0 saturated heterocycles. The van der Waals surface area contributed by atoms with Crippen LogP contribution in [-0.4, -0.2) is 6.61 Å². The summed E-state index contributed by atoms with van der Waals surface area (Å²) in [6.07, 6.45) is 5.88. The maximum absolute atomic E-state index is 5.39. The molecule has 0 aromatic carbocycles. The Morgan fingerprint density at radius 2 is 2.50 bits per heavy atom. The van der Waals surface area contributed by atoms with Gasteiger partial charge in [-0.25, -0.2) is 0 Å². The van der Waals surface area contributed by atoms with Crippen molar-refractivity contribution >= 4 is 0 Å². The second-order valence-electron chi connectivity index (χ2n) is 2.98. The zero-order valence-electron chi connectivity index (χ0n) is 6.89. The highest BCUT2D eigenvalue weighted by molar-refractivity contribution is 4.98. The van der Waals surface area contributed by atoms with Crippen LogP contribution in [0.4, 0.5) is 0 Å². The summed E-state index contributed by atoms with van der Waals surface area (Å²) in [7, 11) is 0. The van der Waals surface area contributed by atoms with Crippen molar-refractivity contribution in [2.24, 2.45) is 5.92 Å². The number of hydrogen-bond donors (Lipinski definition) is 0. The number of rotatable bonds is 2. The Labute approximate surface area is 63.1 Å². The minimum absolute atomic E-state index is 0.820. The molecule has 0 aromatic heterocycles. The van der Waals surface area contributed by atoms with E-state index in [1.165, 1.54) is 18.6 Å². The van der Waals surface area contributed by atoms with E-state index in [9.17, 15) is 0 Å². The van der Waals surface area contributed by atoms with Crippen LogP contribution >= 0.6 is 0 Å². The topological polar surface area (TPSA) is 9.23 Å². The van der Waals surface area contributed by atoms with Crippen LogP contribution in [0.15, 0.2) is 11.8 Å². The lowest BCUT2D eigenvalue weighted by atomic mass is 9.95. The number of hydrogen-bond acceptors (Lipinski definition) is 1. The molecule has 0 heterocycles. The molecule has 0 saturated carbocycles. The van der Waals surface area contributed by atoms with Gasteiger partial charge in [0.15, 0.2) is 0 Å². The van der Waals surface area contributed by atoms with Crippen LogP contribution in [0.25, 0.3) is 0 Å². The highest BCUT2D eigenvalue weighted by atomic mass is 16.5. The van der Waals surface area contributed by atoms with Crippen LogP contribution in [0, 0.1) is 5.92 Å². The van der Waals surface area contributed by atoms with E-state index in [2.05, 4.69) is 13.0 Å². The van der Waals surface area contributed by atoms with E-state index in [0.717, 1.165) is 18.9 Å². The van der Waals surface area contributed by atoms with Gasteiger partial charge in [0.2, 0.25) is 0 Å². The van der Waals surface area contributed by atoms with E-state index >= 15 is 0 Å². The zero-order valence-corrected chi connectivity index (χ0v) is 6.89. The molecule has 0 spiro atoms. The molecule has 0 aliphatic heterocycles. The van der Waals surface area contributed by atoms with Crippen LogP contribution in [0.5, 0.6) is 0 Å². The van der Waals surface area contributed by atoms with Crippen LogP contribution < -0.4 is 0 Å². The predicted octanol–water partition coefficient (Wildman–Crippen LogP) is 2.73. The van der Waals surface area contributed by atoms with Crippen molar-refractivity contribution in [1.82, 2.24) is 0 Å². The molecule has 0 radical (unpaired) electrons. The van der Waals surface area contributed by atoms with E-state index in [0.29, 0.717) is 0 Å². The first-order chi connectivity index (χ1) is 4.83. The lowest BCUT2D eigenvalue weighted by Crippen LogP contribution is -2.03. The maximum Gasteiger partial charge on any atom is 0.0920 e. The largest absolute Gasteiger partial charge is 0.499 e. The highest BCUT2D eigenvalue weighted by Crippen LogP contribution is 2.22. The van der Waals surface area contributed by atoms with Crippen molar-refractivity contribution < 1.29 is 4.74 Å². The summed E-state index contributed by atoms with van der Waals surface area (Å²) in [6, 6.07) is 0. The molecule has 0 N–H and O–H groups in total. The molecule has 0 bridgehead atoms. The third-order valence-electron chi connectivity index (χ3n) is 1.96. The molecule has 1 aliphatic carbocycles. The molecule has 0 amide bonds. The Balaban J connectivity index is 2.33. The smallest absolute Gasteiger partial charge is 0.0920 e. The van der Waals surface area contributed by atoms with Gasteiger partial charge in [-0.15, -0.1) is 0 Å². The summed E-state index contributed by atoms with van der Waals surface area (Å²) in [6.45, 7) is 5.15. The molecule has 1 atom stereocenters. The first-order valence-corrected chi connectivity index (χ1v) is 4.14. The average molecular weight is 140 g/mol.